The molecular formula is C17H20N2O7. The quantitative estimate of drug-likeness (QED) is 0.482. The van der Waals surface area contributed by atoms with Gasteiger partial charge < -0.3 is 19.5 Å². The molecule has 0 bridgehead atoms. The molecule has 1 aromatic rings. The summed E-state index contributed by atoms with van der Waals surface area (Å²) in [6.45, 7) is 0.0688. The molecule has 9 nitrogen and oxygen atoms in total. The number of nitro benzene ring substituents is 1. The number of ether oxygens (including phenoxy) is 3. The van der Waals surface area contributed by atoms with Gasteiger partial charge in [0, 0.05) is 12.1 Å². The zero-order valence-electron chi connectivity index (χ0n) is 14.2. The van der Waals surface area contributed by atoms with Gasteiger partial charge >= 0.3 is 5.97 Å². The number of amides is 1. The van der Waals surface area contributed by atoms with Gasteiger partial charge in [-0.15, -0.1) is 0 Å². The molecule has 0 spiro atoms. The van der Waals surface area contributed by atoms with Gasteiger partial charge in [-0.1, -0.05) is 19.3 Å². The van der Waals surface area contributed by atoms with E-state index in [4.69, 9.17) is 14.2 Å². The van der Waals surface area contributed by atoms with Gasteiger partial charge in [0.05, 0.1) is 11.0 Å². The van der Waals surface area contributed by atoms with E-state index in [1.807, 2.05) is 0 Å². The molecule has 140 valence electrons. The SMILES string of the molecule is O=C(COC(=O)c1cc2c(cc1[N+](=O)[O-])OCCO2)NC1CCCCC1. The van der Waals surface area contributed by atoms with Gasteiger partial charge in [0.15, 0.2) is 18.1 Å². The van der Waals surface area contributed by atoms with E-state index in [9.17, 15) is 19.7 Å². The summed E-state index contributed by atoms with van der Waals surface area (Å²) in [4.78, 5) is 34.7. The predicted molar refractivity (Wildman–Crippen MR) is 89.4 cm³/mol. The lowest BCUT2D eigenvalue weighted by Crippen LogP contribution is -2.38. The maximum atomic E-state index is 12.2. The maximum Gasteiger partial charge on any atom is 0.345 e. The van der Waals surface area contributed by atoms with Crippen LogP contribution in [-0.2, 0) is 9.53 Å². The van der Waals surface area contributed by atoms with Crippen LogP contribution in [0.25, 0.3) is 0 Å². The van der Waals surface area contributed by atoms with Crippen molar-refractivity contribution in [3.63, 3.8) is 0 Å². The van der Waals surface area contributed by atoms with Crippen LogP contribution in [0.3, 0.4) is 0 Å². The number of nitrogens with zero attached hydrogens (tertiary/aromatic N) is 1. The molecule has 1 N–H and O–H groups in total. The summed E-state index contributed by atoms with van der Waals surface area (Å²) in [6.07, 6.45) is 5.11. The molecule has 0 radical (unpaired) electrons. The summed E-state index contributed by atoms with van der Waals surface area (Å²) in [7, 11) is 0. The minimum Gasteiger partial charge on any atom is -0.486 e. The Kier molecular flexibility index (Phi) is 5.55. The van der Waals surface area contributed by atoms with Gasteiger partial charge in [0.25, 0.3) is 11.6 Å². The van der Waals surface area contributed by atoms with E-state index in [1.54, 1.807) is 0 Å². The number of nitro groups is 1. The van der Waals surface area contributed by atoms with Gasteiger partial charge in [-0.25, -0.2) is 4.79 Å². The smallest absolute Gasteiger partial charge is 0.345 e. The molecule has 1 aliphatic carbocycles. The van der Waals surface area contributed by atoms with Crippen LogP contribution >= 0.6 is 0 Å². The molecular weight excluding hydrogens is 344 g/mol. The van der Waals surface area contributed by atoms with Crippen molar-refractivity contribution in [1.29, 1.82) is 0 Å². The molecule has 0 atom stereocenters. The fraction of sp³-hybridized carbons (Fsp3) is 0.529. The summed E-state index contributed by atoms with van der Waals surface area (Å²) in [5.41, 5.74) is -0.725. The highest BCUT2D eigenvalue weighted by atomic mass is 16.6. The van der Waals surface area contributed by atoms with E-state index < -0.39 is 29.1 Å². The van der Waals surface area contributed by atoms with Gasteiger partial charge in [-0.2, -0.15) is 0 Å². The number of benzene rings is 1. The molecule has 2 aliphatic rings. The lowest BCUT2D eigenvalue weighted by atomic mass is 9.95. The van der Waals surface area contributed by atoms with Crippen molar-refractivity contribution in [2.24, 2.45) is 0 Å². The molecule has 0 saturated heterocycles. The van der Waals surface area contributed by atoms with Crippen molar-refractivity contribution in [3.05, 3.63) is 27.8 Å². The first-order valence-corrected chi connectivity index (χ1v) is 8.59. The molecule has 9 heteroatoms. The second-order valence-corrected chi connectivity index (χ2v) is 6.25. The molecule has 0 unspecified atom stereocenters. The Hall–Kier alpha value is -2.84. The fourth-order valence-corrected chi connectivity index (χ4v) is 3.12. The first-order valence-electron chi connectivity index (χ1n) is 8.59. The van der Waals surface area contributed by atoms with Gasteiger partial charge in [-0.3, -0.25) is 14.9 Å². The van der Waals surface area contributed by atoms with Crippen LogP contribution in [0.4, 0.5) is 5.69 Å². The highest BCUT2D eigenvalue weighted by Crippen LogP contribution is 2.36. The van der Waals surface area contributed by atoms with Crippen LogP contribution in [0, 0.1) is 10.1 Å². The number of esters is 1. The molecule has 1 fully saturated rings. The highest BCUT2D eigenvalue weighted by Gasteiger charge is 2.28. The Balaban J connectivity index is 1.65. The lowest BCUT2D eigenvalue weighted by molar-refractivity contribution is -0.385. The number of carbonyl (C=O) groups is 2. The van der Waals surface area contributed by atoms with E-state index in [1.165, 1.54) is 6.07 Å². The van der Waals surface area contributed by atoms with Crippen molar-refractivity contribution in [3.8, 4) is 11.5 Å². The normalized spacial score (nSPS) is 16.6. The van der Waals surface area contributed by atoms with Gasteiger partial charge in [0.1, 0.15) is 18.8 Å². The van der Waals surface area contributed by atoms with Crippen molar-refractivity contribution >= 4 is 17.6 Å². The van der Waals surface area contributed by atoms with Crippen molar-refractivity contribution in [1.82, 2.24) is 5.32 Å². The largest absolute Gasteiger partial charge is 0.486 e. The zero-order valence-corrected chi connectivity index (χ0v) is 14.2. The number of rotatable bonds is 5. The van der Waals surface area contributed by atoms with Crippen molar-refractivity contribution in [2.75, 3.05) is 19.8 Å². The average molecular weight is 364 g/mol. The Morgan fingerprint density at radius 3 is 2.46 bits per heavy atom. The van der Waals surface area contributed by atoms with Crippen molar-refractivity contribution in [2.45, 2.75) is 38.1 Å². The molecule has 1 amide bonds. The second kappa shape index (κ2) is 8.03. The third-order valence-electron chi connectivity index (χ3n) is 4.38. The Labute approximate surface area is 149 Å². The summed E-state index contributed by atoms with van der Waals surface area (Å²) in [5, 5.41) is 14.1. The van der Waals surface area contributed by atoms with Crippen LogP contribution in [0.1, 0.15) is 42.5 Å². The third kappa shape index (κ3) is 4.22. The highest BCUT2D eigenvalue weighted by molar-refractivity contribution is 5.96. The minimum atomic E-state index is -0.951. The monoisotopic (exact) mass is 364 g/mol. The summed E-state index contributed by atoms with van der Waals surface area (Å²) in [6, 6.07) is 2.44. The van der Waals surface area contributed by atoms with E-state index in [-0.39, 0.29) is 36.3 Å². The third-order valence-corrected chi connectivity index (χ3v) is 4.38. The van der Waals surface area contributed by atoms with E-state index in [0.717, 1.165) is 38.2 Å². The summed E-state index contributed by atoms with van der Waals surface area (Å²) < 4.78 is 15.6. The molecule has 1 heterocycles. The van der Waals surface area contributed by atoms with E-state index in [0.29, 0.717) is 0 Å². The zero-order chi connectivity index (χ0) is 18.5. The van der Waals surface area contributed by atoms with Crippen LogP contribution in [0.2, 0.25) is 0 Å². The first kappa shape index (κ1) is 18.0. The topological polar surface area (TPSA) is 117 Å². The summed E-state index contributed by atoms with van der Waals surface area (Å²) >= 11 is 0. The van der Waals surface area contributed by atoms with E-state index >= 15 is 0 Å². The number of nitrogens with one attached hydrogen (secondary N) is 1. The fourth-order valence-electron chi connectivity index (χ4n) is 3.12. The van der Waals surface area contributed by atoms with Crippen LogP contribution in [0.15, 0.2) is 12.1 Å². The van der Waals surface area contributed by atoms with Crippen LogP contribution in [0.5, 0.6) is 11.5 Å². The molecule has 0 aromatic heterocycles. The minimum absolute atomic E-state index is 0.0959. The van der Waals surface area contributed by atoms with E-state index in [2.05, 4.69) is 5.32 Å². The lowest BCUT2D eigenvalue weighted by Gasteiger charge is -2.22. The molecule has 1 saturated carbocycles. The first-order chi connectivity index (χ1) is 12.5. The maximum absolute atomic E-state index is 12.2. The molecule has 1 aromatic carbocycles. The van der Waals surface area contributed by atoms with Gasteiger partial charge in [-0.05, 0) is 12.8 Å². The molecule has 26 heavy (non-hydrogen) atoms. The average Bonchev–Trinajstić information content (AvgIpc) is 2.65. The second-order valence-electron chi connectivity index (χ2n) is 6.25. The van der Waals surface area contributed by atoms with Crippen LogP contribution in [-0.4, -0.2) is 42.7 Å². The Bertz CT molecular complexity index is 713. The Morgan fingerprint density at radius 2 is 1.81 bits per heavy atom. The van der Waals surface area contributed by atoms with Gasteiger partial charge in [0.2, 0.25) is 0 Å². The molecule has 1 aliphatic heterocycles. The predicted octanol–water partition coefficient (Wildman–Crippen LogP) is 1.97. The summed E-state index contributed by atoms with van der Waals surface area (Å²) in [5.74, 6) is -0.923. The number of hydrogen-bond donors (Lipinski definition) is 1. The molecule has 3 rings (SSSR count). The van der Waals surface area contributed by atoms with Crippen LogP contribution < -0.4 is 14.8 Å². The number of fused-ring (bicyclic) bond motifs is 1. The Morgan fingerprint density at radius 1 is 1.15 bits per heavy atom. The number of hydrogen-bond acceptors (Lipinski definition) is 7. The number of carbonyl (C=O) groups excluding carboxylic acids is 2. The van der Waals surface area contributed by atoms with Crippen molar-refractivity contribution < 1.29 is 28.7 Å². The standard InChI is InChI=1S/C17H20N2O7/c20-16(18-11-4-2-1-3-5-11)10-26-17(21)12-8-14-15(25-7-6-24-14)9-13(12)19(22)23/h8-9,11H,1-7,10H2,(H,18,20).